The lowest BCUT2D eigenvalue weighted by atomic mass is 9.85. The number of rotatable bonds is 1. The molecule has 1 aliphatic rings. The van der Waals surface area contributed by atoms with Crippen LogP contribution in [0.1, 0.15) is 63.8 Å². The number of aromatic nitrogens is 1. The van der Waals surface area contributed by atoms with Crippen LogP contribution < -0.4 is 4.90 Å². The first-order valence-electron chi connectivity index (χ1n) is 9.89. The Balaban J connectivity index is 1.66. The molecule has 27 heavy (non-hydrogen) atoms. The van der Waals surface area contributed by atoms with Crippen LogP contribution in [0.15, 0.2) is 48.7 Å². The van der Waals surface area contributed by atoms with Crippen LogP contribution >= 0.6 is 0 Å². The molecule has 0 N–H and O–H groups in total. The molecule has 0 amide bonds. The predicted molar refractivity (Wildman–Crippen MR) is 115 cm³/mol. The van der Waals surface area contributed by atoms with Gasteiger partial charge in [-0.1, -0.05) is 65.8 Å². The molecule has 2 heteroatoms. The fraction of sp³-hybridized carbons (Fsp3) is 0.400. The summed E-state index contributed by atoms with van der Waals surface area (Å²) < 4.78 is 0. The molecule has 0 spiro atoms. The Hall–Kier alpha value is -2.35. The third-order valence-corrected chi connectivity index (χ3v) is 5.69. The average molecular weight is 359 g/mol. The summed E-state index contributed by atoms with van der Waals surface area (Å²) in [5.41, 5.74) is 8.27. The standard InChI is InChI=1S/C25H30N2/c1-24(2,3)20-8-7-17-15-27(16-19(17)12-20)22-13-18-11-21(25(4,5)6)9-10-23(18)26-14-22/h7-14H,15-16H2,1-6H3. The van der Waals surface area contributed by atoms with Gasteiger partial charge in [0.05, 0.1) is 17.4 Å². The maximum absolute atomic E-state index is 4.73. The fourth-order valence-corrected chi connectivity index (χ4v) is 3.80. The van der Waals surface area contributed by atoms with E-state index < -0.39 is 0 Å². The summed E-state index contributed by atoms with van der Waals surface area (Å²) in [5.74, 6) is 0. The van der Waals surface area contributed by atoms with Gasteiger partial charge in [-0.05, 0) is 51.3 Å². The second-order valence-electron chi connectivity index (χ2n) is 9.94. The maximum atomic E-state index is 4.73. The summed E-state index contributed by atoms with van der Waals surface area (Å²) in [6, 6.07) is 15.9. The molecule has 1 aromatic heterocycles. The molecule has 0 fully saturated rings. The first kappa shape index (κ1) is 18.0. The summed E-state index contributed by atoms with van der Waals surface area (Å²) in [4.78, 5) is 7.16. The van der Waals surface area contributed by atoms with Crippen LogP contribution in [0.2, 0.25) is 0 Å². The Morgan fingerprint density at radius 1 is 0.741 bits per heavy atom. The van der Waals surface area contributed by atoms with E-state index >= 15 is 0 Å². The van der Waals surface area contributed by atoms with Gasteiger partial charge in [0, 0.05) is 18.5 Å². The molecule has 2 nitrogen and oxygen atoms in total. The van der Waals surface area contributed by atoms with Crippen molar-refractivity contribution in [3.8, 4) is 0 Å². The van der Waals surface area contributed by atoms with Gasteiger partial charge < -0.3 is 4.90 Å². The maximum Gasteiger partial charge on any atom is 0.0703 e. The second-order valence-corrected chi connectivity index (χ2v) is 9.94. The zero-order valence-electron chi connectivity index (χ0n) is 17.4. The third-order valence-electron chi connectivity index (χ3n) is 5.69. The Morgan fingerprint density at radius 3 is 2.07 bits per heavy atom. The van der Waals surface area contributed by atoms with E-state index in [1.807, 2.05) is 6.20 Å². The Kier molecular flexibility index (Phi) is 4.06. The van der Waals surface area contributed by atoms with E-state index in [0.717, 1.165) is 18.6 Å². The van der Waals surface area contributed by atoms with E-state index in [0.29, 0.717) is 0 Å². The molecule has 0 saturated carbocycles. The van der Waals surface area contributed by atoms with E-state index in [2.05, 4.69) is 88.9 Å². The predicted octanol–water partition coefficient (Wildman–Crippen LogP) is 6.35. The number of hydrogen-bond acceptors (Lipinski definition) is 2. The van der Waals surface area contributed by atoms with Crippen molar-refractivity contribution >= 4 is 16.6 Å². The van der Waals surface area contributed by atoms with Crippen molar-refractivity contribution in [1.29, 1.82) is 0 Å². The third kappa shape index (κ3) is 3.45. The quantitative estimate of drug-likeness (QED) is 0.504. The van der Waals surface area contributed by atoms with Gasteiger partial charge in [-0.3, -0.25) is 4.98 Å². The van der Waals surface area contributed by atoms with Crippen molar-refractivity contribution in [2.45, 2.75) is 65.5 Å². The minimum Gasteiger partial charge on any atom is -0.362 e. The van der Waals surface area contributed by atoms with E-state index in [1.165, 1.54) is 33.3 Å². The van der Waals surface area contributed by atoms with E-state index in [9.17, 15) is 0 Å². The Morgan fingerprint density at radius 2 is 1.37 bits per heavy atom. The van der Waals surface area contributed by atoms with Crippen molar-refractivity contribution in [1.82, 2.24) is 4.98 Å². The van der Waals surface area contributed by atoms with Gasteiger partial charge in [-0.25, -0.2) is 0 Å². The minimum absolute atomic E-state index is 0.150. The van der Waals surface area contributed by atoms with Gasteiger partial charge in [0.25, 0.3) is 0 Å². The highest BCUT2D eigenvalue weighted by Gasteiger charge is 2.23. The van der Waals surface area contributed by atoms with E-state index in [4.69, 9.17) is 4.98 Å². The van der Waals surface area contributed by atoms with Crippen LogP contribution in [-0.4, -0.2) is 4.98 Å². The SMILES string of the molecule is CC(C)(C)c1ccc2c(c1)CN(c1cnc3ccc(C(C)(C)C)cc3c1)C2. The van der Waals surface area contributed by atoms with Gasteiger partial charge in [0.2, 0.25) is 0 Å². The first-order valence-corrected chi connectivity index (χ1v) is 9.89. The van der Waals surface area contributed by atoms with E-state index in [-0.39, 0.29) is 10.8 Å². The zero-order chi connectivity index (χ0) is 19.4. The van der Waals surface area contributed by atoms with Crippen molar-refractivity contribution < 1.29 is 0 Å². The molecule has 2 heterocycles. The zero-order valence-corrected chi connectivity index (χ0v) is 17.4. The molecule has 0 aliphatic carbocycles. The summed E-state index contributed by atoms with van der Waals surface area (Å²) in [6.07, 6.45) is 2.02. The minimum atomic E-state index is 0.150. The number of nitrogens with zero attached hydrogens (tertiary/aromatic N) is 2. The van der Waals surface area contributed by atoms with Crippen molar-refractivity contribution in [2.24, 2.45) is 0 Å². The van der Waals surface area contributed by atoms with Crippen molar-refractivity contribution in [2.75, 3.05) is 4.90 Å². The number of hydrogen-bond donors (Lipinski definition) is 0. The highest BCUT2D eigenvalue weighted by molar-refractivity contribution is 5.83. The monoisotopic (exact) mass is 358 g/mol. The second kappa shape index (κ2) is 6.09. The molecule has 1 aliphatic heterocycles. The molecule has 2 aromatic carbocycles. The lowest BCUT2D eigenvalue weighted by molar-refractivity contribution is 0.589. The molecule has 0 saturated heterocycles. The molecule has 0 bridgehead atoms. The fourth-order valence-electron chi connectivity index (χ4n) is 3.80. The Labute approximate surface area is 163 Å². The Bertz CT molecular complexity index is 1000. The molecule has 140 valence electrons. The molecular formula is C25H30N2. The van der Waals surface area contributed by atoms with Crippen LogP contribution in [0.4, 0.5) is 5.69 Å². The van der Waals surface area contributed by atoms with Crippen LogP contribution in [-0.2, 0) is 23.9 Å². The largest absolute Gasteiger partial charge is 0.362 e. The number of pyridine rings is 1. The molecule has 0 unspecified atom stereocenters. The van der Waals surface area contributed by atoms with Crippen LogP contribution in [0, 0.1) is 0 Å². The molecule has 0 radical (unpaired) electrons. The molecule has 0 atom stereocenters. The van der Waals surface area contributed by atoms with Crippen LogP contribution in [0.25, 0.3) is 10.9 Å². The number of fused-ring (bicyclic) bond motifs is 2. The molecule has 3 aromatic rings. The lowest BCUT2D eigenvalue weighted by Gasteiger charge is -2.21. The summed E-state index contributed by atoms with van der Waals surface area (Å²) in [7, 11) is 0. The van der Waals surface area contributed by atoms with Gasteiger partial charge in [-0.15, -0.1) is 0 Å². The normalized spacial score (nSPS) is 14.7. The first-order chi connectivity index (χ1) is 12.6. The average Bonchev–Trinajstić information content (AvgIpc) is 3.02. The van der Waals surface area contributed by atoms with Gasteiger partial charge in [-0.2, -0.15) is 0 Å². The summed E-state index contributed by atoms with van der Waals surface area (Å²) >= 11 is 0. The highest BCUT2D eigenvalue weighted by atomic mass is 15.1. The van der Waals surface area contributed by atoms with Gasteiger partial charge in [0.15, 0.2) is 0 Å². The van der Waals surface area contributed by atoms with Crippen LogP contribution in [0.5, 0.6) is 0 Å². The van der Waals surface area contributed by atoms with Crippen LogP contribution in [0.3, 0.4) is 0 Å². The highest BCUT2D eigenvalue weighted by Crippen LogP contribution is 2.33. The van der Waals surface area contributed by atoms with Crippen molar-refractivity contribution in [3.63, 3.8) is 0 Å². The molecule has 4 rings (SSSR count). The summed E-state index contributed by atoms with van der Waals surface area (Å²) in [6.45, 7) is 15.5. The van der Waals surface area contributed by atoms with E-state index in [1.54, 1.807) is 0 Å². The lowest BCUT2D eigenvalue weighted by Crippen LogP contribution is -2.15. The van der Waals surface area contributed by atoms with Crippen molar-refractivity contribution in [3.05, 3.63) is 70.9 Å². The summed E-state index contributed by atoms with van der Waals surface area (Å²) in [5, 5.41) is 1.23. The number of benzene rings is 2. The molecular weight excluding hydrogens is 328 g/mol. The topological polar surface area (TPSA) is 16.1 Å². The van der Waals surface area contributed by atoms with Gasteiger partial charge in [0.1, 0.15) is 0 Å². The number of anilines is 1. The van der Waals surface area contributed by atoms with Gasteiger partial charge >= 0.3 is 0 Å². The smallest absolute Gasteiger partial charge is 0.0703 e.